The number of hydrogen-bond acceptors (Lipinski definition) is 2. The van der Waals surface area contributed by atoms with Gasteiger partial charge in [-0.3, -0.25) is 4.79 Å². The molecule has 0 aromatic rings. The molecule has 3 heteroatoms. The van der Waals surface area contributed by atoms with Gasteiger partial charge in [0.25, 0.3) is 0 Å². The summed E-state index contributed by atoms with van der Waals surface area (Å²) < 4.78 is 0. The van der Waals surface area contributed by atoms with Crippen LogP contribution in [0.25, 0.3) is 0 Å². The van der Waals surface area contributed by atoms with E-state index in [1.807, 2.05) is 18.7 Å². The molecule has 15 heavy (non-hydrogen) atoms. The molecule has 1 atom stereocenters. The molecule has 1 rings (SSSR count). The highest BCUT2D eigenvalue weighted by molar-refractivity contribution is 5.78. The fourth-order valence-corrected chi connectivity index (χ4v) is 1.97. The third-order valence-electron chi connectivity index (χ3n) is 2.91. The van der Waals surface area contributed by atoms with Crippen molar-refractivity contribution in [3.8, 4) is 0 Å². The molecule has 1 fully saturated rings. The zero-order valence-electron chi connectivity index (χ0n) is 10.4. The van der Waals surface area contributed by atoms with E-state index in [-0.39, 0.29) is 5.92 Å². The predicted molar refractivity (Wildman–Crippen MR) is 62.7 cm³/mol. The van der Waals surface area contributed by atoms with Crippen LogP contribution in [0.2, 0.25) is 0 Å². The Morgan fingerprint density at radius 1 is 1.40 bits per heavy atom. The largest absolute Gasteiger partial charge is 0.342 e. The molecule has 1 N–H and O–H groups in total. The fourth-order valence-electron chi connectivity index (χ4n) is 1.97. The first-order valence-corrected chi connectivity index (χ1v) is 6.03. The van der Waals surface area contributed by atoms with Gasteiger partial charge in [-0.15, -0.1) is 0 Å². The highest BCUT2D eigenvalue weighted by atomic mass is 16.2. The Labute approximate surface area is 93.2 Å². The summed E-state index contributed by atoms with van der Waals surface area (Å²) in [4.78, 5) is 13.7. The minimum Gasteiger partial charge on any atom is -0.342 e. The van der Waals surface area contributed by atoms with Crippen molar-refractivity contribution >= 4 is 5.91 Å². The summed E-state index contributed by atoms with van der Waals surface area (Å²) in [6.07, 6.45) is 1.15. The summed E-state index contributed by atoms with van der Waals surface area (Å²) >= 11 is 0. The molecule has 1 aliphatic heterocycles. The lowest BCUT2D eigenvalue weighted by molar-refractivity contribution is -0.133. The van der Waals surface area contributed by atoms with Crippen LogP contribution in [0.5, 0.6) is 0 Å². The second kappa shape index (κ2) is 5.50. The topological polar surface area (TPSA) is 32.3 Å². The molecule has 0 aromatic heterocycles. The Balaban J connectivity index is 2.29. The van der Waals surface area contributed by atoms with E-state index in [0.29, 0.717) is 17.9 Å². The fraction of sp³-hybridized carbons (Fsp3) is 0.917. The first-order chi connectivity index (χ1) is 7.00. The Hall–Kier alpha value is -0.570. The molecule has 3 nitrogen and oxygen atoms in total. The first-order valence-electron chi connectivity index (χ1n) is 6.03. The quantitative estimate of drug-likeness (QED) is 0.765. The lowest BCUT2D eigenvalue weighted by Crippen LogP contribution is -2.34. The van der Waals surface area contributed by atoms with Crippen LogP contribution in [0, 0.1) is 11.8 Å². The normalized spacial score (nSPS) is 21.7. The van der Waals surface area contributed by atoms with Crippen LogP contribution in [-0.2, 0) is 4.79 Å². The summed E-state index contributed by atoms with van der Waals surface area (Å²) in [5.41, 5.74) is 0. The van der Waals surface area contributed by atoms with E-state index in [0.717, 1.165) is 26.1 Å². The summed E-state index contributed by atoms with van der Waals surface area (Å²) in [6, 6.07) is 0.542. The van der Waals surface area contributed by atoms with Gasteiger partial charge in [0.2, 0.25) is 5.91 Å². The number of nitrogens with one attached hydrogen (secondary N) is 1. The number of likely N-dealkylation sites (tertiary alicyclic amines) is 1. The predicted octanol–water partition coefficient (Wildman–Crippen LogP) is 1.49. The van der Waals surface area contributed by atoms with Crippen LogP contribution in [0.1, 0.15) is 34.1 Å². The van der Waals surface area contributed by atoms with Crippen LogP contribution in [-0.4, -0.2) is 36.5 Å². The molecule has 0 aliphatic carbocycles. The van der Waals surface area contributed by atoms with Gasteiger partial charge in [0.1, 0.15) is 0 Å². The van der Waals surface area contributed by atoms with Gasteiger partial charge in [0.15, 0.2) is 0 Å². The molecule has 1 amide bonds. The van der Waals surface area contributed by atoms with Crippen molar-refractivity contribution in [1.82, 2.24) is 10.2 Å². The van der Waals surface area contributed by atoms with Gasteiger partial charge in [-0.1, -0.05) is 27.7 Å². The van der Waals surface area contributed by atoms with Crippen molar-refractivity contribution in [1.29, 1.82) is 0 Å². The molecule has 0 spiro atoms. The third kappa shape index (κ3) is 3.82. The van der Waals surface area contributed by atoms with Gasteiger partial charge in [-0.2, -0.15) is 0 Å². The smallest absolute Gasteiger partial charge is 0.225 e. The third-order valence-corrected chi connectivity index (χ3v) is 2.91. The van der Waals surface area contributed by atoms with Crippen LogP contribution in [0.3, 0.4) is 0 Å². The van der Waals surface area contributed by atoms with E-state index in [9.17, 15) is 4.79 Å². The Kier molecular flexibility index (Phi) is 4.58. The summed E-state index contributed by atoms with van der Waals surface area (Å²) in [7, 11) is 0. The maximum absolute atomic E-state index is 11.7. The lowest BCUT2D eigenvalue weighted by Gasteiger charge is -2.19. The Morgan fingerprint density at radius 3 is 2.60 bits per heavy atom. The van der Waals surface area contributed by atoms with Crippen molar-refractivity contribution in [3.05, 3.63) is 0 Å². The number of nitrogens with zero attached hydrogens (tertiary/aromatic N) is 1. The van der Waals surface area contributed by atoms with Gasteiger partial charge in [-0.25, -0.2) is 0 Å². The molecule has 0 aromatic carbocycles. The average Bonchev–Trinajstić information content (AvgIpc) is 2.61. The van der Waals surface area contributed by atoms with Crippen molar-refractivity contribution < 1.29 is 4.79 Å². The average molecular weight is 212 g/mol. The molecule has 0 saturated carbocycles. The monoisotopic (exact) mass is 212 g/mol. The number of hydrogen-bond donors (Lipinski definition) is 1. The maximum atomic E-state index is 11.7. The van der Waals surface area contributed by atoms with Crippen molar-refractivity contribution in [3.63, 3.8) is 0 Å². The van der Waals surface area contributed by atoms with E-state index < -0.39 is 0 Å². The van der Waals surface area contributed by atoms with E-state index in [1.54, 1.807) is 0 Å². The molecule has 0 radical (unpaired) electrons. The van der Waals surface area contributed by atoms with Crippen molar-refractivity contribution in [2.45, 2.75) is 40.2 Å². The van der Waals surface area contributed by atoms with Gasteiger partial charge in [-0.05, 0) is 18.9 Å². The molecular weight excluding hydrogens is 188 g/mol. The SMILES string of the molecule is CC(C)NCC1CCN(C(=O)C(C)C)C1. The number of carbonyl (C=O) groups excluding carboxylic acids is 1. The minimum atomic E-state index is 0.141. The molecular formula is C12H24N2O. The lowest BCUT2D eigenvalue weighted by atomic mass is 10.1. The second-order valence-electron chi connectivity index (χ2n) is 5.16. The molecule has 1 saturated heterocycles. The van der Waals surface area contributed by atoms with Crippen LogP contribution in [0.15, 0.2) is 0 Å². The number of carbonyl (C=O) groups is 1. The van der Waals surface area contributed by atoms with Gasteiger partial charge in [0.05, 0.1) is 0 Å². The number of amides is 1. The van der Waals surface area contributed by atoms with Crippen LogP contribution in [0.4, 0.5) is 0 Å². The summed E-state index contributed by atoms with van der Waals surface area (Å²) in [5.74, 6) is 1.10. The Morgan fingerprint density at radius 2 is 2.07 bits per heavy atom. The highest BCUT2D eigenvalue weighted by Crippen LogP contribution is 2.17. The van der Waals surface area contributed by atoms with Gasteiger partial charge in [0, 0.05) is 25.0 Å². The molecule has 1 heterocycles. The van der Waals surface area contributed by atoms with Crippen LogP contribution >= 0.6 is 0 Å². The molecule has 0 bridgehead atoms. The molecule has 1 aliphatic rings. The zero-order valence-corrected chi connectivity index (χ0v) is 10.4. The van der Waals surface area contributed by atoms with E-state index in [4.69, 9.17) is 0 Å². The van der Waals surface area contributed by atoms with E-state index in [1.165, 1.54) is 0 Å². The maximum Gasteiger partial charge on any atom is 0.225 e. The van der Waals surface area contributed by atoms with Crippen LogP contribution < -0.4 is 5.32 Å². The van der Waals surface area contributed by atoms with E-state index in [2.05, 4.69) is 19.2 Å². The second-order valence-corrected chi connectivity index (χ2v) is 5.16. The van der Waals surface area contributed by atoms with Gasteiger partial charge < -0.3 is 10.2 Å². The van der Waals surface area contributed by atoms with E-state index >= 15 is 0 Å². The van der Waals surface area contributed by atoms with Crippen molar-refractivity contribution in [2.24, 2.45) is 11.8 Å². The van der Waals surface area contributed by atoms with Gasteiger partial charge >= 0.3 is 0 Å². The number of rotatable bonds is 4. The highest BCUT2D eigenvalue weighted by Gasteiger charge is 2.27. The minimum absolute atomic E-state index is 0.141. The molecule has 88 valence electrons. The summed E-state index contributed by atoms with van der Waals surface area (Å²) in [5, 5.41) is 3.44. The Bertz CT molecular complexity index is 214. The molecule has 1 unspecified atom stereocenters. The zero-order chi connectivity index (χ0) is 11.4. The standard InChI is InChI=1S/C12H24N2O/c1-9(2)12(15)14-6-5-11(8-14)7-13-10(3)4/h9-11,13H,5-8H2,1-4H3. The summed E-state index contributed by atoms with van der Waals surface area (Å²) in [6.45, 7) is 11.2. The first kappa shape index (κ1) is 12.5. The van der Waals surface area contributed by atoms with Crippen molar-refractivity contribution in [2.75, 3.05) is 19.6 Å².